The minimum atomic E-state index is -4.92. The Balaban J connectivity index is 1.69. The van der Waals surface area contributed by atoms with E-state index < -0.39 is 35.9 Å². The van der Waals surface area contributed by atoms with Gasteiger partial charge in [0.05, 0.1) is 24.1 Å². The van der Waals surface area contributed by atoms with Gasteiger partial charge in [-0.05, 0) is 37.3 Å². The van der Waals surface area contributed by atoms with Gasteiger partial charge in [-0.3, -0.25) is 20.4 Å². The number of hydrogen-bond donors (Lipinski definition) is 2. The lowest BCUT2D eigenvalue weighted by Crippen LogP contribution is -2.44. The first-order valence-corrected chi connectivity index (χ1v) is 9.93. The van der Waals surface area contributed by atoms with Gasteiger partial charge in [-0.2, -0.15) is 18.3 Å². The van der Waals surface area contributed by atoms with E-state index in [9.17, 15) is 22.8 Å². The summed E-state index contributed by atoms with van der Waals surface area (Å²) in [4.78, 5) is 24.4. The molecular weight excluding hydrogens is 465 g/mol. The van der Waals surface area contributed by atoms with E-state index in [0.29, 0.717) is 22.8 Å². The van der Waals surface area contributed by atoms with E-state index in [2.05, 4.69) is 5.10 Å². The lowest BCUT2D eigenvalue weighted by molar-refractivity contribution is -0.143. The van der Waals surface area contributed by atoms with Crippen molar-refractivity contribution in [2.75, 3.05) is 13.2 Å². The summed E-state index contributed by atoms with van der Waals surface area (Å²) in [5.41, 5.74) is 1.85. The van der Waals surface area contributed by atoms with Crippen LogP contribution in [0.5, 0.6) is 11.5 Å². The van der Waals surface area contributed by atoms with Crippen LogP contribution in [-0.4, -0.2) is 34.8 Å². The largest absolute Gasteiger partial charge is 0.490 e. The van der Waals surface area contributed by atoms with Gasteiger partial charge in [-0.1, -0.05) is 29.8 Å². The quantitative estimate of drug-likeness (QED) is 0.500. The van der Waals surface area contributed by atoms with Gasteiger partial charge in [0.1, 0.15) is 0 Å². The van der Waals surface area contributed by atoms with Gasteiger partial charge in [0.15, 0.2) is 23.8 Å². The summed E-state index contributed by atoms with van der Waals surface area (Å²) in [6.45, 7) is 1.65. The van der Waals surface area contributed by atoms with E-state index in [4.69, 9.17) is 21.1 Å². The van der Waals surface area contributed by atoms with Crippen molar-refractivity contribution in [3.8, 4) is 17.2 Å². The van der Waals surface area contributed by atoms with E-state index >= 15 is 0 Å². The van der Waals surface area contributed by atoms with Crippen LogP contribution in [0.1, 0.15) is 23.0 Å². The molecule has 33 heavy (non-hydrogen) atoms. The van der Waals surface area contributed by atoms with Crippen LogP contribution in [0.3, 0.4) is 0 Å². The fraction of sp³-hybridized carbons (Fsp3) is 0.190. The number of hydrazine groups is 1. The Kier molecular flexibility index (Phi) is 7.44. The number of carbonyl (C=O) groups excluding carboxylic acids is 2. The summed E-state index contributed by atoms with van der Waals surface area (Å²) in [5.74, 6) is -1.30. The van der Waals surface area contributed by atoms with Crippen LogP contribution >= 0.6 is 11.6 Å². The van der Waals surface area contributed by atoms with Crippen molar-refractivity contribution in [2.45, 2.75) is 13.1 Å². The number of ether oxygens (including phenoxy) is 2. The van der Waals surface area contributed by atoms with Crippen LogP contribution in [0.4, 0.5) is 13.2 Å². The smallest absolute Gasteiger partial charge is 0.434 e. The molecule has 1 heterocycles. The highest BCUT2D eigenvalue weighted by molar-refractivity contribution is 6.30. The third kappa shape index (κ3) is 5.95. The van der Waals surface area contributed by atoms with Crippen molar-refractivity contribution in [1.29, 1.82) is 0 Å². The predicted molar refractivity (Wildman–Crippen MR) is 112 cm³/mol. The molecule has 0 fully saturated rings. The van der Waals surface area contributed by atoms with Gasteiger partial charge in [0, 0.05) is 5.02 Å². The van der Waals surface area contributed by atoms with Gasteiger partial charge in [0.2, 0.25) is 0 Å². The highest BCUT2D eigenvalue weighted by Gasteiger charge is 2.40. The summed E-state index contributed by atoms with van der Waals surface area (Å²) in [6, 6.07) is 12.2. The van der Waals surface area contributed by atoms with Crippen molar-refractivity contribution in [2.24, 2.45) is 0 Å². The van der Waals surface area contributed by atoms with E-state index in [1.165, 1.54) is 24.3 Å². The van der Waals surface area contributed by atoms with Crippen LogP contribution in [-0.2, 0) is 11.0 Å². The van der Waals surface area contributed by atoms with Gasteiger partial charge >= 0.3 is 6.18 Å². The Morgan fingerprint density at radius 3 is 2.39 bits per heavy atom. The highest BCUT2D eigenvalue weighted by atomic mass is 35.5. The Labute approximate surface area is 191 Å². The topological polar surface area (TPSA) is 94.5 Å². The van der Waals surface area contributed by atoms with Gasteiger partial charge in [-0.25, -0.2) is 4.68 Å². The molecule has 0 aliphatic carbocycles. The fourth-order valence-corrected chi connectivity index (χ4v) is 2.99. The maximum Gasteiger partial charge on any atom is 0.434 e. The second kappa shape index (κ2) is 10.3. The van der Waals surface area contributed by atoms with Crippen molar-refractivity contribution in [3.63, 3.8) is 0 Å². The molecule has 0 aliphatic rings. The molecule has 3 rings (SSSR count). The van der Waals surface area contributed by atoms with Crippen molar-refractivity contribution < 1.29 is 32.2 Å². The molecular formula is C21H18ClF3N4O4. The standard InChI is InChI=1S/C21H18ClF3N4O4/c1-2-32-16-8-3-4-9-17(16)33-12-18(30)27-28-20(31)15-11-26-29(19(15)21(23,24)25)14-7-5-6-13(22)10-14/h3-11H,2,12H2,1H3,(H,27,30)(H,28,31). The van der Waals surface area contributed by atoms with E-state index in [1.807, 2.05) is 10.9 Å². The summed E-state index contributed by atoms with van der Waals surface area (Å²) in [6.07, 6.45) is -4.17. The summed E-state index contributed by atoms with van der Waals surface area (Å²) in [7, 11) is 0. The van der Waals surface area contributed by atoms with Crippen LogP contribution < -0.4 is 20.3 Å². The van der Waals surface area contributed by atoms with Crippen molar-refractivity contribution >= 4 is 23.4 Å². The summed E-state index contributed by atoms with van der Waals surface area (Å²) < 4.78 is 52.4. The highest BCUT2D eigenvalue weighted by Crippen LogP contribution is 2.34. The number of rotatable bonds is 7. The molecule has 12 heteroatoms. The molecule has 0 saturated heterocycles. The molecule has 1 aromatic heterocycles. The number of benzene rings is 2. The number of halogens is 4. The first-order valence-electron chi connectivity index (χ1n) is 9.55. The number of nitrogens with one attached hydrogen (secondary N) is 2. The molecule has 2 amide bonds. The minimum Gasteiger partial charge on any atom is -0.490 e. The SMILES string of the molecule is CCOc1ccccc1OCC(=O)NNC(=O)c1cnn(-c2cccc(Cl)c2)c1C(F)(F)F. The Morgan fingerprint density at radius 2 is 1.76 bits per heavy atom. The normalized spacial score (nSPS) is 11.1. The monoisotopic (exact) mass is 482 g/mol. The molecule has 0 radical (unpaired) electrons. The average molecular weight is 483 g/mol. The summed E-state index contributed by atoms with van der Waals surface area (Å²) in [5, 5.41) is 3.87. The average Bonchev–Trinajstić information content (AvgIpc) is 3.23. The zero-order chi connectivity index (χ0) is 24.0. The zero-order valence-electron chi connectivity index (χ0n) is 17.1. The molecule has 0 saturated carbocycles. The lowest BCUT2D eigenvalue weighted by atomic mass is 10.2. The zero-order valence-corrected chi connectivity index (χ0v) is 17.9. The van der Waals surface area contributed by atoms with E-state index in [0.717, 1.165) is 6.20 Å². The Bertz CT molecular complexity index is 1150. The number of carbonyl (C=O) groups is 2. The van der Waals surface area contributed by atoms with Crippen LogP contribution in [0.15, 0.2) is 54.7 Å². The third-order valence-corrected chi connectivity index (χ3v) is 4.39. The third-order valence-electron chi connectivity index (χ3n) is 4.16. The molecule has 0 spiro atoms. The molecule has 2 N–H and O–H groups in total. The first kappa shape index (κ1) is 23.9. The van der Waals surface area contributed by atoms with E-state index in [-0.39, 0.29) is 10.7 Å². The second-order valence-electron chi connectivity index (χ2n) is 6.47. The number of nitrogens with zero attached hydrogens (tertiary/aromatic N) is 2. The molecule has 0 aliphatic heterocycles. The molecule has 2 aromatic carbocycles. The minimum absolute atomic E-state index is 0.0132. The summed E-state index contributed by atoms with van der Waals surface area (Å²) >= 11 is 5.85. The number of alkyl halides is 3. The lowest BCUT2D eigenvalue weighted by Gasteiger charge is -2.14. The fourth-order valence-electron chi connectivity index (χ4n) is 2.81. The number of hydrogen-bond acceptors (Lipinski definition) is 5. The molecule has 0 unspecified atom stereocenters. The van der Waals surface area contributed by atoms with Crippen LogP contribution in [0.25, 0.3) is 5.69 Å². The molecule has 0 atom stereocenters. The molecule has 0 bridgehead atoms. The first-order chi connectivity index (χ1) is 15.7. The molecule has 3 aromatic rings. The van der Waals surface area contributed by atoms with Gasteiger partial charge in [0.25, 0.3) is 11.8 Å². The Hall–Kier alpha value is -3.73. The van der Waals surface area contributed by atoms with Crippen molar-refractivity contribution in [3.05, 3.63) is 71.0 Å². The predicted octanol–water partition coefficient (Wildman–Crippen LogP) is 3.78. The molecule has 174 valence electrons. The second-order valence-corrected chi connectivity index (χ2v) is 6.90. The number of amides is 2. The number of para-hydroxylation sites is 2. The van der Waals surface area contributed by atoms with Crippen LogP contribution in [0, 0.1) is 0 Å². The van der Waals surface area contributed by atoms with Gasteiger partial charge in [-0.15, -0.1) is 0 Å². The number of aromatic nitrogens is 2. The van der Waals surface area contributed by atoms with Gasteiger partial charge < -0.3 is 9.47 Å². The maximum absolute atomic E-state index is 13.7. The van der Waals surface area contributed by atoms with E-state index in [1.54, 1.807) is 31.2 Å². The van der Waals surface area contributed by atoms with Crippen LogP contribution in [0.2, 0.25) is 5.02 Å². The molecule has 8 nitrogen and oxygen atoms in total. The maximum atomic E-state index is 13.7. The van der Waals surface area contributed by atoms with Crippen molar-refractivity contribution in [1.82, 2.24) is 20.6 Å². The Morgan fingerprint density at radius 1 is 1.06 bits per heavy atom.